The first-order valence-corrected chi connectivity index (χ1v) is 8.10. The van der Waals surface area contributed by atoms with Crippen LogP contribution in [0.25, 0.3) is 0 Å². The van der Waals surface area contributed by atoms with E-state index in [1.54, 1.807) is 36.4 Å². The van der Waals surface area contributed by atoms with Gasteiger partial charge in [0.05, 0.1) is 11.9 Å². The van der Waals surface area contributed by atoms with E-state index in [2.05, 4.69) is 22.5 Å². The van der Waals surface area contributed by atoms with Crippen LogP contribution in [0.3, 0.4) is 0 Å². The van der Waals surface area contributed by atoms with Gasteiger partial charge in [-0.1, -0.05) is 18.2 Å². The first kappa shape index (κ1) is 16.7. The van der Waals surface area contributed by atoms with Gasteiger partial charge in [0.2, 0.25) is 17.7 Å². The Hall–Kier alpha value is -3.15. The van der Waals surface area contributed by atoms with Crippen LogP contribution < -0.4 is 15.8 Å². The summed E-state index contributed by atoms with van der Waals surface area (Å²) >= 11 is 0. The lowest BCUT2D eigenvalue weighted by Gasteiger charge is -2.09. The number of hydrogen-bond donors (Lipinski definition) is 2. The van der Waals surface area contributed by atoms with Crippen LogP contribution in [0.1, 0.15) is 29.6 Å². The van der Waals surface area contributed by atoms with Crippen molar-refractivity contribution in [1.82, 2.24) is 4.98 Å². The van der Waals surface area contributed by atoms with Gasteiger partial charge in [-0.15, -0.1) is 0 Å². The van der Waals surface area contributed by atoms with Crippen molar-refractivity contribution >= 4 is 17.5 Å². The van der Waals surface area contributed by atoms with Crippen LogP contribution in [0, 0.1) is 5.92 Å². The third-order valence-electron chi connectivity index (χ3n) is 3.92. The maximum atomic E-state index is 12.0. The number of nitrogens with one attached hydrogen (secondary N) is 1. The summed E-state index contributed by atoms with van der Waals surface area (Å²) in [5.41, 5.74) is 6.23. The first-order valence-electron chi connectivity index (χ1n) is 8.10. The molecule has 1 aliphatic rings. The summed E-state index contributed by atoms with van der Waals surface area (Å²) in [5, 5.41) is 2.83. The van der Waals surface area contributed by atoms with Crippen LogP contribution in [0.4, 0.5) is 5.69 Å². The van der Waals surface area contributed by atoms with Crippen molar-refractivity contribution in [2.24, 2.45) is 11.7 Å². The van der Waals surface area contributed by atoms with E-state index in [4.69, 9.17) is 10.5 Å². The molecule has 2 aromatic rings. The van der Waals surface area contributed by atoms with Gasteiger partial charge in [0.25, 0.3) is 0 Å². The van der Waals surface area contributed by atoms with E-state index >= 15 is 0 Å². The summed E-state index contributed by atoms with van der Waals surface area (Å²) in [7, 11) is 0. The highest BCUT2D eigenvalue weighted by atomic mass is 16.5. The number of allylic oxidation sites excluding steroid dienone is 2. The standard InChI is InChI=1S/C19H19N3O3/c20-19(24)14-6-3-7-16(11-14)25-18-9-8-15(12-21-18)22-17(23)10-13-4-1-2-5-13/h1,3-4,6-9,11-13H,2,5,10H2,(H2,20,24)(H,22,23)/t13-/m0/s1. The molecule has 0 saturated carbocycles. The van der Waals surface area contributed by atoms with Crippen LogP contribution in [-0.2, 0) is 4.79 Å². The van der Waals surface area contributed by atoms with E-state index in [0.29, 0.717) is 35.2 Å². The average molecular weight is 337 g/mol. The normalized spacial score (nSPS) is 15.8. The number of nitrogens with two attached hydrogens (primary N) is 1. The largest absolute Gasteiger partial charge is 0.439 e. The predicted molar refractivity (Wildman–Crippen MR) is 94.4 cm³/mol. The molecule has 3 N–H and O–H groups in total. The number of aromatic nitrogens is 1. The van der Waals surface area contributed by atoms with E-state index in [1.165, 1.54) is 6.20 Å². The molecule has 2 amide bonds. The fourth-order valence-electron chi connectivity index (χ4n) is 2.66. The van der Waals surface area contributed by atoms with E-state index in [0.717, 1.165) is 12.8 Å². The van der Waals surface area contributed by atoms with Gasteiger partial charge in [-0.05, 0) is 43.0 Å². The van der Waals surface area contributed by atoms with Gasteiger partial charge < -0.3 is 15.8 Å². The number of carbonyl (C=O) groups is 2. The summed E-state index contributed by atoms with van der Waals surface area (Å²) < 4.78 is 5.60. The minimum absolute atomic E-state index is 0.0267. The summed E-state index contributed by atoms with van der Waals surface area (Å²) in [6.45, 7) is 0. The van der Waals surface area contributed by atoms with Crippen LogP contribution in [0.2, 0.25) is 0 Å². The predicted octanol–water partition coefficient (Wildman–Crippen LogP) is 3.27. The number of carbonyl (C=O) groups excluding carboxylic acids is 2. The number of nitrogens with zero attached hydrogens (tertiary/aromatic N) is 1. The molecule has 6 heteroatoms. The van der Waals surface area contributed by atoms with Gasteiger partial charge in [-0.3, -0.25) is 9.59 Å². The Kier molecular flexibility index (Phi) is 5.09. The molecule has 1 aromatic heterocycles. The van der Waals surface area contributed by atoms with Gasteiger partial charge in [0.15, 0.2) is 0 Å². The molecule has 1 aliphatic carbocycles. The number of hydrogen-bond acceptors (Lipinski definition) is 4. The molecule has 25 heavy (non-hydrogen) atoms. The molecule has 0 radical (unpaired) electrons. The molecule has 0 aliphatic heterocycles. The number of rotatable bonds is 6. The van der Waals surface area contributed by atoms with Crippen molar-refractivity contribution in [3.8, 4) is 11.6 Å². The second-order valence-electron chi connectivity index (χ2n) is 5.90. The van der Waals surface area contributed by atoms with E-state index < -0.39 is 5.91 Å². The van der Waals surface area contributed by atoms with Crippen molar-refractivity contribution in [3.05, 3.63) is 60.3 Å². The molecule has 0 bridgehead atoms. The summed E-state index contributed by atoms with van der Waals surface area (Å²) in [6.07, 6.45) is 8.30. The number of benzene rings is 1. The molecular weight excluding hydrogens is 318 g/mol. The lowest BCUT2D eigenvalue weighted by molar-refractivity contribution is -0.116. The van der Waals surface area contributed by atoms with E-state index in [9.17, 15) is 9.59 Å². The molecule has 1 aromatic carbocycles. The monoisotopic (exact) mass is 337 g/mol. The quantitative estimate of drug-likeness (QED) is 0.791. The molecule has 3 rings (SSSR count). The molecule has 0 unspecified atom stereocenters. The van der Waals surface area contributed by atoms with Crippen molar-refractivity contribution in [3.63, 3.8) is 0 Å². The first-order chi connectivity index (χ1) is 12.1. The molecule has 1 atom stereocenters. The lowest BCUT2D eigenvalue weighted by Crippen LogP contribution is -2.14. The molecule has 0 spiro atoms. The Balaban J connectivity index is 1.58. The highest BCUT2D eigenvalue weighted by molar-refractivity contribution is 5.93. The second-order valence-corrected chi connectivity index (χ2v) is 5.90. The van der Waals surface area contributed by atoms with Crippen LogP contribution in [0.15, 0.2) is 54.7 Å². The molecule has 0 saturated heterocycles. The third kappa shape index (κ3) is 4.67. The number of primary amides is 1. The van der Waals surface area contributed by atoms with Gasteiger partial charge >= 0.3 is 0 Å². The highest BCUT2D eigenvalue weighted by Crippen LogP contribution is 2.23. The zero-order valence-corrected chi connectivity index (χ0v) is 13.6. The van der Waals surface area contributed by atoms with Crippen LogP contribution in [0.5, 0.6) is 11.6 Å². The maximum absolute atomic E-state index is 12.0. The van der Waals surface area contributed by atoms with Crippen molar-refractivity contribution in [2.75, 3.05) is 5.32 Å². The lowest BCUT2D eigenvalue weighted by atomic mass is 10.1. The van der Waals surface area contributed by atoms with Gasteiger partial charge in [-0.2, -0.15) is 0 Å². The minimum atomic E-state index is -0.520. The maximum Gasteiger partial charge on any atom is 0.248 e. The van der Waals surface area contributed by atoms with Crippen molar-refractivity contribution < 1.29 is 14.3 Å². The summed E-state index contributed by atoms with van der Waals surface area (Å²) in [4.78, 5) is 27.3. The average Bonchev–Trinajstić information content (AvgIpc) is 3.10. The Morgan fingerprint density at radius 2 is 2.16 bits per heavy atom. The molecular formula is C19H19N3O3. The third-order valence-corrected chi connectivity index (χ3v) is 3.92. The fraction of sp³-hybridized carbons (Fsp3) is 0.211. The number of amides is 2. The molecule has 1 heterocycles. The zero-order chi connectivity index (χ0) is 17.6. The Morgan fingerprint density at radius 3 is 2.84 bits per heavy atom. The molecule has 0 fully saturated rings. The second kappa shape index (κ2) is 7.61. The topological polar surface area (TPSA) is 94.3 Å². The highest BCUT2D eigenvalue weighted by Gasteiger charge is 2.14. The van der Waals surface area contributed by atoms with Gasteiger partial charge in [0, 0.05) is 18.1 Å². The summed E-state index contributed by atoms with van der Waals surface area (Å²) in [5.74, 6) is 0.606. The smallest absolute Gasteiger partial charge is 0.248 e. The number of pyridine rings is 1. The van der Waals surface area contributed by atoms with Crippen molar-refractivity contribution in [1.29, 1.82) is 0 Å². The fourth-order valence-corrected chi connectivity index (χ4v) is 2.66. The minimum Gasteiger partial charge on any atom is -0.439 e. The number of anilines is 1. The Morgan fingerprint density at radius 1 is 1.28 bits per heavy atom. The summed E-state index contributed by atoms with van der Waals surface area (Å²) in [6, 6.07) is 9.93. The van der Waals surface area contributed by atoms with E-state index in [1.807, 2.05) is 0 Å². The SMILES string of the molecule is NC(=O)c1cccc(Oc2ccc(NC(=O)C[C@H]3C=CCC3)cn2)c1. The van der Waals surface area contributed by atoms with E-state index in [-0.39, 0.29) is 5.91 Å². The number of ether oxygens (including phenoxy) is 1. The van der Waals surface area contributed by atoms with Crippen LogP contribution >= 0.6 is 0 Å². The van der Waals surface area contributed by atoms with Crippen molar-refractivity contribution in [2.45, 2.75) is 19.3 Å². The zero-order valence-electron chi connectivity index (χ0n) is 13.6. The van der Waals surface area contributed by atoms with Gasteiger partial charge in [0.1, 0.15) is 5.75 Å². The Bertz CT molecular complexity index is 800. The van der Waals surface area contributed by atoms with Gasteiger partial charge in [-0.25, -0.2) is 4.98 Å². The molecule has 128 valence electrons. The molecule has 6 nitrogen and oxygen atoms in total. The van der Waals surface area contributed by atoms with Crippen LogP contribution in [-0.4, -0.2) is 16.8 Å². The Labute approximate surface area is 145 Å².